The number of hydrogen-bond donors (Lipinski definition) is 1. The van der Waals surface area contributed by atoms with Crippen molar-refractivity contribution in [3.8, 4) is 0 Å². The largest absolute Gasteiger partial charge is 0.368 e. The number of amides is 2. The molecule has 0 bridgehead atoms. The molecule has 2 fully saturated rings. The Morgan fingerprint density at radius 3 is 2.28 bits per heavy atom. The minimum Gasteiger partial charge on any atom is -0.368 e. The number of carbonyl (C=O) groups excluding carboxylic acids is 2. The van der Waals surface area contributed by atoms with Crippen LogP contribution in [0.1, 0.15) is 12.0 Å². The van der Waals surface area contributed by atoms with Crippen LogP contribution in [0.25, 0.3) is 0 Å². The van der Waals surface area contributed by atoms with Crippen LogP contribution in [0.3, 0.4) is 0 Å². The summed E-state index contributed by atoms with van der Waals surface area (Å²) in [5, 5.41) is 2.71. The molecule has 0 aliphatic carbocycles. The van der Waals surface area contributed by atoms with Crippen molar-refractivity contribution >= 4 is 27.5 Å². The molecular weight excluding hydrogens is 428 g/mol. The molecule has 9 heteroatoms. The van der Waals surface area contributed by atoms with Gasteiger partial charge in [-0.3, -0.25) is 9.59 Å². The lowest BCUT2D eigenvalue weighted by Gasteiger charge is -2.38. The van der Waals surface area contributed by atoms with Crippen molar-refractivity contribution in [1.29, 1.82) is 0 Å². The predicted octanol–water partition coefficient (Wildman–Crippen LogP) is 1.22. The first-order valence-corrected chi connectivity index (χ1v) is 12.2. The quantitative estimate of drug-likeness (QED) is 0.731. The number of benzene rings is 2. The Morgan fingerprint density at radius 2 is 1.62 bits per heavy atom. The van der Waals surface area contributed by atoms with Gasteiger partial charge in [-0.15, -0.1) is 0 Å². The van der Waals surface area contributed by atoms with Crippen molar-refractivity contribution in [2.24, 2.45) is 0 Å². The molecule has 1 N–H and O–H groups in total. The minimum absolute atomic E-state index is 0.131. The van der Waals surface area contributed by atoms with Gasteiger partial charge in [0.05, 0.1) is 11.3 Å². The van der Waals surface area contributed by atoms with E-state index in [-0.39, 0.29) is 30.3 Å². The summed E-state index contributed by atoms with van der Waals surface area (Å²) in [7, 11) is -3.89. The van der Waals surface area contributed by atoms with Crippen LogP contribution in [0.15, 0.2) is 59.5 Å². The standard InChI is InChI=1S/C23H28N4O4S/c1-18-7-9-20(10-8-18)32(30,31)27-12-11-24-23(29)21(27)17-22(28)26-15-13-25(14-16-26)19-5-3-2-4-6-19/h2-10,21H,11-17H2,1H3,(H,24,29)/t21-/m1/s1. The highest BCUT2D eigenvalue weighted by Gasteiger charge is 2.40. The van der Waals surface area contributed by atoms with Crippen LogP contribution in [-0.4, -0.2) is 74.7 Å². The molecule has 2 saturated heterocycles. The number of para-hydroxylation sites is 1. The summed E-state index contributed by atoms with van der Waals surface area (Å²) in [6.07, 6.45) is -0.164. The minimum atomic E-state index is -3.89. The molecule has 1 atom stereocenters. The van der Waals surface area contributed by atoms with E-state index in [9.17, 15) is 18.0 Å². The molecule has 0 aromatic heterocycles. The number of aryl methyl sites for hydroxylation is 1. The van der Waals surface area contributed by atoms with Crippen molar-refractivity contribution in [2.75, 3.05) is 44.2 Å². The molecule has 2 aromatic carbocycles. The fraction of sp³-hybridized carbons (Fsp3) is 0.391. The maximum atomic E-state index is 13.2. The first-order chi connectivity index (χ1) is 15.4. The second-order valence-corrected chi connectivity index (χ2v) is 10.0. The van der Waals surface area contributed by atoms with E-state index in [1.807, 2.05) is 37.3 Å². The Labute approximate surface area is 188 Å². The van der Waals surface area contributed by atoms with Crippen molar-refractivity contribution in [3.05, 3.63) is 60.2 Å². The number of nitrogens with zero attached hydrogens (tertiary/aromatic N) is 3. The lowest BCUT2D eigenvalue weighted by Crippen LogP contribution is -2.59. The van der Waals surface area contributed by atoms with Crippen LogP contribution in [0, 0.1) is 6.92 Å². The van der Waals surface area contributed by atoms with Crippen LogP contribution < -0.4 is 10.2 Å². The van der Waals surface area contributed by atoms with E-state index in [0.717, 1.165) is 11.3 Å². The molecule has 2 amide bonds. The molecule has 32 heavy (non-hydrogen) atoms. The highest BCUT2D eigenvalue weighted by Crippen LogP contribution is 2.23. The highest BCUT2D eigenvalue weighted by molar-refractivity contribution is 7.89. The Hall–Kier alpha value is -2.91. The van der Waals surface area contributed by atoms with Gasteiger partial charge in [-0.05, 0) is 31.2 Å². The van der Waals surface area contributed by atoms with Crippen molar-refractivity contribution in [3.63, 3.8) is 0 Å². The van der Waals surface area contributed by atoms with Gasteiger partial charge in [0.1, 0.15) is 6.04 Å². The van der Waals surface area contributed by atoms with Crippen LogP contribution in [0.5, 0.6) is 0 Å². The Balaban J connectivity index is 1.45. The Bertz CT molecular complexity index is 1060. The second kappa shape index (κ2) is 9.30. The van der Waals surface area contributed by atoms with Gasteiger partial charge in [0.15, 0.2) is 0 Å². The number of hydrogen-bond acceptors (Lipinski definition) is 5. The molecular formula is C23H28N4O4S. The van der Waals surface area contributed by atoms with E-state index in [0.29, 0.717) is 26.2 Å². The summed E-state index contributed by atoms with van der Waals surface area (Å²) in [5.74, 6) is -0.632. The maximum Gasteiger partial charge on any atom is 0.243 e. The normalized spacial score (nSPS) is 20.2. The predicted molar refractivity (Wildman–Crippen MR) is 122 cm³/mol. The molecule has 0 saturated carbocycles. The fourth-order valence-corrected chi connectivity index (χ4v) is 5.76. The smallest absolute Gasteiger partial charge is 0.243 e. The van der Waals surface area contributed by atoms with E-state index in [4.69, 9.17) is 0 Å². The number of anilines is 1. The molecule has 4 rings (SSSR count). The third kappa shape index (κ3) is 4.63. The summed E-state index contributed by atoms with van der Waals surface area (Å²) in [4.78, 5) is 29.7. The summed E-state index contributed by atoms with van der Waals surface area (Å²) < 4.78 is 27.6. The SMILES string of the molecule is Cc1ccc(S(=O)(=O)N2CCNC(=O)[C@H]2CC(=O)N2CCN(c3ccccc3)CC2)cc1. The third-order valence-corrected chi connectivity index (χ3v) is 7.95. The lowest BCUT2D eigenvalue weighted by molar-refractivity contribution is -0.137. The van der Waals surface area contributed by atoms with Crippen LogP contribution in [-0.2, 0) is 19.6 Å². The van der Waals surface area contributed by atoms with E-state index < -0.39 is 22.0 Å². The van der Waals surface area contributed by atoms with Crippen LogP contribution in [0.4, 0.5) is 5.69 Å². The number of sulfonamides is 1. The monoisotopic (exact) mass is 456 g/mol. The number of nitrogens with one attached hydrogen (secondary N) is 1. The second-order valence-electron chi connectivity index (χ2n) is 8.14. The van der Waals surface area contributed by atoms with Gasteiger partial charge in [-0.25, -0.2) is 8.42 Å². The fourth-order valence-electron chi connectivity index (χ4n) is 4.17. The molecule has 2 aliphatic heterocycles. The van der Waals surface area contributed by atoms with Gasteiger partial charge in [-0.2, -0.15) is 4.31 Å². The van der Waals surface area contributed by atoms with Crippen molar-refractivity contribution in [2.45, 2.75) is 24.3 Å². The number of rotatable bonds is 5. The average molecular weight is 457 g/mol. The maximum absolute atomic E-state index is 13.2. The van der Waals surface area contributed by atoms with Gasteiger partial charge in [0, 0.05) is 45.0 Å². The zero-order valence-electron chi connectivity index (χ0n) is 18.1. The summed E-state index contributed by atoms with van der Waals surface area (Å²) in [6.45, 7) is 4.70. The molecule has 0 unspecified atom stereocenters. The topological polar surface area (TPSA) is 90.0 Å². The van der Waals surface area contributed by atoms with E-state index >= 15 is 0 Å². The number of piperazine rings is 2. The van der Waals surface area contributed by atoms with Crippen LogP contribution >= 0.6 is 0 Å². The number of carbonyl (C=O) groups is 2. The van der Waals surface area contributed by atoms with Gasteiger partial charge in [0.25, 0.3) is 0 Å². The van der Waals surface area contributed by atoms with E-state index in [1.54, 1.807) is 29.2 Å². The molecule has 170 valence electrons. The third-order valence-electron chi connectivity index (χ3n) is 6.03. The van der Waals surface area contributed by atoms with E-state index in [1.165, 1.54) is 4.31 Å². The van der Waals surface area contributed by atoms with Crippen LogP contribution in [0.2, 0.25) is 0 Å². The summed E-state index contributed by atoms with van der Waals surface area (Å²) in [5.41, 5.74) is 2.06. The van der Waals surface area contributed by atoms with E-state index in [2.05, 4.69) is 10.2 Å². The molecule has 2 heterocycles. The Kier molecular flexibility index (Phi) is 6.48. The molecule has 8 nitrogen and oxygen atoms in total. The average Bonchev–Trinajstić information content (AvgIpc) is 2.81. The first-order valence-electron chi connectivity index (χ1n) is 10.8. The van der Waals surface area contributed by atoms with Gasteiger partial charge in [-0.1, -0.05) is 35.9 Å². The van der Waals surface area contributed by atoms with Gasteiger partial charge < -0.3 is 15.1 Å². The Morgan fingerprint density at radius 1 is 0.969 bits per heavy atom. The molecule has 0 radical (unpaired) electrons. The zero-order valence-corrected chi connectivity index (χ0v) is 18.9. The van der Waals surface area contributed by atoms with Gasteiger partial charge >= 0.3 is 0 Å². The summed E-state index contributed by atoms with van der Waals surface area (Å²) in [6, 6.07) is 15.5. The molecule has 2 aromatic rings. The van der Waals surface area contributed by atoms with Gasteiger partial charge in [0.2, 0.25) is 21.8 Å². The lowest BCUT2D eigenvalue weighted by atomic mass is 10.1. The first kappa shape index (κ1) is 22.3. The van der Waals surface area contributed by atoms with Crippen molar-refractivity contribution < 1.29 is 18.0 Å². The van der Waals surface area contributed by atoms with Crippen molar-refractivity contribution in [1.82, 2.24) is 14.5 Å². The highest BCUT2D eigenvalue weighted by atomic mass is 32.2. The summed E-state index contributed by atoms with van der Waals surface area (Å²) >= 11 is 0. The zero-order chi connectivity index (χ0) is 22.7. The molecule has 0 spiro atoms. The molecule has 2 aliphatic rings.